The number of rotatable bonds is 2. The number of benzene rings is 1. The predicted molar refractivity (Wildman–Crippen MR) is 76.6 cm³/mol. The van der Waals surface area contributed by atoms with E-state index in [-0.39, 0.29) is 0 Å². The molecule has 4 heteroatoms. The van der Waals surface area contributed by atoms with E-state index < -0.39 is 0 Å². The minimum absolute atomic E-state index is 0.746. The van der Waals surface area contributed by atoms with Gasteiger partial charge in [0.15, 0.2) is 0 Å². The molecule has 0 spiro atoms. The maximum atomic E-state index is 5.81. The molecule has 18 heavy (non-hydrogen) atoms. The predicted octanol–water partition coefficient (Wildman–Crippen LogP) is 3.27. The molecule has 90 valence electrons. The molecule has 0 unspecified atom stereocenters. The number of nitrogens with two attached hydrogens (primary N) is 1. The van der Waals surface area contributed by atoms with Gasteiger partial charge in [-0.15, -0.1) is 0 Å². The summed E-state index contributed by atoms with van der Waals surface area (Å²) >= 11 is 3.48. The van der Waals surface area contributed by atoms with E-state index in [1.165, 1.54) is 5.56 Å². The number of nitrogen functional groups attached to an aromatic ring is 1. The van der Waals surface area contributed by atoms with Crippen LogP contribution in [-0.2, 0) is 6.42 Å². The minimum Gasteiger partial charge on any atom is -0.398 e. The van der Waals surface area contributed by atoms with E-state index in [0.717, 1.165) is 27.9 Å². The summed E-state index contributed by atoms with van der Waals surface area (Å²) in [5, 5.41) is 0. The topological polar surface area (TPSA) is 43.3 Å². The molecule has 0 radical (unpaired) electrons. The van der Waals surface area contributed by atoms with Crippen molar-refractivity contribution in [1.29, 1.82) is 0 Å². The highest BCUT2D eigenvalue weighted by molar-refractivity contribution is 9.10. The van der Waals surface area contributed by atoms with Crippen molar-refractivity contribution in [3.63, 3.8) is 0 Å². The molecule has 2 heterocycles. The van der Waals surface area contributed by atoms with Gasteiger partial charge in [-0.3, -0.25) is 0 Å². The van der Waals surface area contributed by atoms with Gasteiger partial charge in [-0.25, -0.2) is 4.98 Å². The molecule has 0 aliphatic carbocycles. The summed E-state index contributed by atoms with van der Waals surface area (Å²) in [4.78, 5) is 4.45. The van der Waals surface area contributed by atoms with Gasteiger partial charge in [0.25, 0.3) is 0 Å². The van der Waals surface area contributed by atoms with Gasteiger partial charge in [-0.05, 0) is 29.8 Å². The van der Waals surface area contributed by atoms with Crippen molar-refractivity contribution in [2.75, 3.05) is 5.73 Å². The molecule has 2 aromatic heterocycles. The molecule has 3 nitrogen and oxygen atoms in total. The number of pyridine rings is 1. The van der Waals surface area contributed by atoms with Crippen LogP contribution in [0.2, 0.25) is 0 Å². The first-order valence-electron chi connectivity index (χ1n) is 5.68. The Kier molecular flexibility index (Phi) is 2.80. The quantitative estimate of drug-likeness (QED) is 0.789. The van der Waals surface area contributed by atoms with Crippen molar-refractivity contribution in [3.8, 4) is 0 Å². The smallest absolute Gasteiger partial charge is 0.117 e. The average molecular weight is 302 g/mol. The van der Waals surface area contributed by atoms with Gasteiger partial charge < -0.3 is 10.1 Å². The monoisotopic (exact) mass is 301 g/mol. The first kappa shape index (κ1) is 11.3. The Bertz CT molecular complexity index is 703. The summed E-state index contributed by atoms with van der Waals surface area (Å²) in [5.41, 5.74) is 8.85. The fourth-order valence-corrected chi connectivity index (χ4v) is 2.47. The normalized spacial score (nSPS) is 10.9. The summed E-state index contributed by atoms with van der Waals surface area (Å²) in [5.74, 6) is 0.996. The second kappa shape index (κ2) is 4.46. The van der Waals surface area contributed by atoms with Crippen LogP contribution >= 0.6 is 15.9 Å². The SMILES string of the molecule is Nc1ccc2cnc(Cc3cccc(Br)c3)n2c1. The van der Waals surface area contributed by atoms with Gasteiger partial charge in [-0.2, -0.15) is 0 Å². The Labute approximate surface area is 113 Å². The third-order valence-corrected chi connectivity index (χ3v) is 3.37. The molecule has 0 fully saturated rings. The number of hydrogen-bond acceptors (Lipinski definition) is 2. The van der Waals surface area contributed by atoms with Gasteiger partial charge >= 0.3 is 0 Å². The van der Waals surface area contributed by atoms with Gasteiger partial charge in [0.1, 0.15) is 5.82 Å². The van der Waals surface area contributed by atoms with Crippen molar-refractivity contribution in [3.05, 3.63) is 64.7 Å². The van der Waals surface area contributed by atoms with Crippen LogP contribution in [0.1, 0.15) is 11.4 Å². The average Bonchev–Trinajstić information content (AvgIpc) is 2.72. The number of hydrogen-bond donors (Lipinski definition) is 1. The van der Waals surface area contributed by atoms with Crippen LogP contribution in [0.3, 0.4) is 0 Å². The molecule has 3 aromatic rings. The number of imidazole rings is 1. The third-order valence-electron chi connectivity index (χ3n) is 2.88. The Morgan fingerprint density at radius 1 is 1.22 bits per heavy atom. The van der Waals surface area contributed by atoms with Crippen LogP contribution in [0, 0.1) is 0 Å². The van der Waals surface area contributed by atoms with Crippen LogP contribution in [0.4, 0.5) is 5.69 Å². The van der Waals surface area contributed by atoms with Crippen molar-refractivity contribution in [2.45, 2.75) is 6.42 Å². The molecular weight excluding hydrogens is 290 g/mol. The maximum absolute atomic E-state index is 5.81. The van der Waals surface area contributed by atoms with Crippen LogP contribution in [0.15, 0.2) is 53.3 Å². The fraction of sp³-hybridized carbons (Fsp3) is 0.0714. The molecule has 0 bridgehead atoms. The Morgan fingerprint density at radius 3 is 2.94 bits per heavy atom. The lowest BCUT2D eigenvalue weighted by molar-refractivity contribution is 0.962. The van der Waals surface area contributed by atoms with E-state index in [9.17, 15) is 0 Å². The lowest BCUT2D eigenvalue weighted by Gasteiger charge is -2.03. The zero-order valence-corrected chi connectivity index (χ0v) is 11.3. The lowest BCUT2D eigenvalue weighted by atomic mass is 10.1. The number of anilines is 1. The summed E-state index contributed by atoms with van der Waals surface area (Å²) in [6, 6.07) is 12.1. The van der Waals surface area contributed by atoms with Crippen molar-refractivity contribution in [2.24, 2.45) is 0 Å². The largest absolute Gasteiger partial charge is 0.398 e. The Morgan fingerprint density at radius 2 is 2.11 bits per heavy atom. The summed E-state index contributed by atoms with van der Waals surface area (Å²) in [6.45, 7) is 0. The first-order chi connectivity index (χ1) is 8.72. The van der Waals surface area contributed by atoms with Crippen LogP contribution < -0.4 is 5.73 Å². The van der Waals surface area contributed by atoms with Crippen LogP contribution in [0.25, 0.3) is 5.52 Å². The highest BCUT2D eigenvalue weighted by Gasteiger charge is 2.05. The Balaban J connectivity index is 2.02. The van der Waals surface area contributed by atoms with Gasteiger partial charge in [0, 0.05) is 22.8 Å². The molecule has 0 saturated carbocycles. The summed E-state index contributed by atoms with van der Waals surface area (Å²) in [7, 11) is 0. The minimum atomic E-state index is 0.746. The molecule has 2 N–H and O–H groups in total. The zero-order chi connectivity index (χ0) is 12.5. The highest BCUT2D eigenvalue weighted by Crippen LogP contribution is 2.17. The molecule has 0 atom stereocenters. The molecule has 0 amide bonds. The van der Waals surface area contributed by atoms with Gasteiger partial charge in [0.05, 0.1) is 11.7 Å². The number of fused-ring (bicyclic) bond motifs is 1. The molecule has 0 aliphatic heterocycles. The maximum Gasteiger partial charge on any atom is 0.117 e. The van der Waals surface area contributed by atoms with E-state index in [2.05, 4.69) is 33.0 Å². The first-order valence-corrected chi connectivity index (χ1v) is 6.47. The van der Waals surface area contributed by atoms with Crippen molar-refractivity contribution < 1.29 is 0 Å². The standard InChI is InChI=1S/C14H12BrN3/c15-11-3-1-2-10(6-11)7-14-17-8-13-5-4-12(16)9-18(13)14/h1-6,8-9H,7,16H2. The van der Waals surface area contributed by atoms with E-state index >= 15 is 0 Å². The van der Waals surface area contributed by atoms with Crippen molar-refractivity contribution in [1.82, 2.24) is 9.38 Å². The van der Waals surface area contributed by atoms with Crippen molar-refractivity contribution >= 4 is 27.1 Å². The van der Waals surface area contributed by atoms with E-state index in [1.54, 1.807) is 0 Å². The van der Waals surface area contributed by atoms with Gasteiger partial charge in [-0.1, -0.05) is 28.1 Å². The molecule has 0 aliphatic rings. The van der Waals surface area contributed by atoms with E-state index in [4.69, 9.17) is 5.73 Å². The Hall–Kier alpha value is -1.81. The van der Waals surface area contributed by atoms with Crippen LogP contribution in [0.5, 0.6) is 0 Å². The summed E-state index contributed by atoms with van der Waals surface area (Å²) < 4.78 is 3.12. The number of aromatic nitrogens is 2. The fourth-order valence-electron chi connectivity index (χ4n) is 2.02. The lowest BCUT2D eigenvalue weighted by Crippen LogP contribution is -1.98. The number of halogens is 1. The molecule has 0 saturated heterocycles. The molecular formula is C14H12BrN3. The molecule has 1 aromatic carbocycles. The van der Waals surface area contributed by atoms with Gasteiger partial charge in [0.2, 0.25) is 0 Å². The van der Waals surface area contributed by atoms with E-state index in [1.807, 2.05) is 41.1 Å². The second-order valence-electron chi connectivity index (χ2n) is 4.24. The van der Waals surface area contributed by atoms with Crippen LogP contribution in [-0.4, -0.2) is 9.38 Å². The molecule has 3 rings (SSSR count). The zero-order valence-electron chi connectivity index (χ0n) is 9.68. The summed E-state index contributed by atoms with van der Waals surface area (Å²) in [6.07, 6.45) is 4.57. The van der Waals surface area contributed by atoms with E-state index in [0.29, 0.717) is 0 Å². The number of nitrogens with zero attached hydrogens (tertiary/aromatic N) is 2. The highest BCUT2D eigenvalue weighted by atomic mass is 79.9. The third kappa shape index (κ3) is 2.11. The second-order valence-corrected chi connectivity index (χ2v) is 5.15.